The molecule has 0 saturated carbocycles. The third-order valence-corrected chi connectivity index (χ3v) is 3.39. The van der Waals surface area contributed by atoms with Crippen molar-refractivity contribution < 1.29 is 4.79 Å². The summed E-state index contributed by atoms with van der Waals surface area (Å²) in [5.41, 5.74) is 4.69. The Bertz CT molecular complexity index is 820. The van der Waals surface area contributed by atoms with E-state index < -0.39 is 0 Å². The summed E-state index contributed by atoms with van der Waals surface area (Å²) >= 11 is 0. The van der Waals surface area contributed by atoms with Gasteiger partial charge in [-0.1, -0.05) is 17.7 Å². The van der Waals surface area contributed by atoms with Crippen molar-refractivity contribution >= 4 is 17.7 Å². The second-order valence-corrected chi connectivity index (χ2v) is 5.14. The number of pyridine rings is 1. The summed E-state index contributed by atoms with van der Waals surface area (Å²) in [6.45, 7) is 2.01. The van der Waals surface area contributed by atoms with E-state index in [1.54, 1.807) is 30.9 Å². The van der Waals surface area contributed by atoms with Gasteiger partial charge >= 0.3 is 0 Å². The van der Waals surface area contributed by atoms with Crippen molar-refractivity contribution in [3.8, 4) is 11.1 Å². The van der Waals surface area contributed by atoms with Crippen LogP contribution in [-0.4, -0.2) is 21.1 Å². The number of hydrogen-bond acceptors (Lipinski definition) is 3. The average molecular weight is 304 g/mol. The Morgan fingerprint density at radius 2 is 2.00 bits per heavy atom. The number of nitrogens with zero attached hydrogens (tertiary/aromatic N) is 2. The molecule has 2 N–H and O–H groups in total. The number of aromatic amines is 1. The van der Waals surface area contributed by atoms with Gasteiger partial charge in [-0.2, -0.15) is 5.10 Å². The molecule has 1 aromatic carbocycles. The minimum atomic E-state index is -0.184. The predicted octanol–water partition coefficient (Wildman–Crippen LogP) is 3.43. The lowest BCUT2D eigenvalue weighted by atomic mass is 10.0. The van der Waals surface area contributed by atoms with Crippen LogP contribution in [0.15, 0.2) is 61.2 Å². The van der Waals surface area contributed by atoms with E-state index in [0.29, 0.717) is 0 Å². The minimum absolute atomic E-state index is 0.184. The second kappa shape index (κ2) is 6.70. The molecule has 2 heterocycles. The fourth-order valence-corrected chi connectivity index (χ4v) is 2.19. The first-order chi connectivity index (χ1) is 11.2. The van der Waals surface area contributed by atoms with Crippen molar-refractivity contribution in [2.24, 2.45) is 0 Å². The van der Waals surface area contributed by atoms with Gasteiger partial charge in [0.2, 0.25) is 5.91 Å². The third kappa shape index (κ3) is 3.71. The van der Waals surface area contributed by atoms with Gasteiger partial charge in [0.05, 0.1) is 6.20 Å². The summed E-state index contributed by atoms with van der Waals surface area (Å²) in [6, 6.07) is 9.56. The highest BCUT2D eigenvalue weighted by Gasteiger charge is 2.04. The monoisotopic (exact) mass is 304 g/mol. The SMILES string of the molecule is Cc1ccc(NC(=O)/C=C/c2cnccc2-c2cn[nH]c2)cc1. The van der Waals surface area contributed by atoms with Gasteiger partial charge in [-0.3, -0.25) is 14.9 Å². The maximum Gasteiger partial charge on any atom is 0.248 e. The van der Waals surface area contributed by atoms with E-state index in [1.165, 1.54) is 6.08 Å². The normalized spacial score (nSPS) is 10.8. The van der Waals surface area contributed by atoms with Gasteiger partial charge in [-0.05, 0) is 36.8 Å². The van der Waals surface area contributed by atoms with E-state index >= 15 is 0 Å². The summed E-state index contributed by atoms with van der Waals surface area (Å²) in [7, 11) is 0. The van der Waals surface area contributed by atoms with E-state index in [1.807, 2.05) is 37.3 Å². The Morgan fingerprint density at radius 1 is 1.17 bits per heavy atom. The van der Waals surface area contributed by atoms with Crippen LogP contribution in [0.3, 0.4) is 0 Å². The standard InChI is InChI=1S/C18H16N4O/c1-13-2-5-16(6-3-13)22-18(23)7-4-14-10-19-9-8-17(14)15-11-20-21-12-15/h2-12H,1H3,(H,20,21)(H,22,23)/b7-4+. The van der Waals surface area contributed by atoms with Crippen LogP contribution in [0.25, 0.3) is 17.2 Å². The number of aryl methyl sites for hydroxylation is 1. The van der Waals surface area contributed by atoms with Gasteiger partial charge in [0.1, 0.15) is 0 Å². The van der Waals surface area contributed by atoms with Crippen LogP contribution < -0.4 is 5.32 Å². The summed E-state index contributed by atoms with van der Waals surface area (Å²) in [6.07, 6.45) is 10.2. The molecule has 23 heavy (non-hydrogen) atoms. The Balaban J connectivity index is 1.75. The molecule has 5 nitrogen and oxygen atoms in total. The molecule has 0 aliphatic rings. The summed E-state index contributed by atoms with van der Waals surface area (Å²) in [5, 5.41) is 9.56. The molecule has 0 spiro atoms. The number of carbonyl (C=O) groups excluding carboxylic acids is 1. The quantitative estimate of drug-likeness (QED) is 0.725. The molecule has 5 heteroatoms. The third-order valence-electron chi connectivity index (χ3n) is 3.39. The molecular weight excluding hydrogens is 288 g/mol. The number of H-pyrrole nitrogens is 1. The second-order valence-electron chi connectivity index (χ2n) is 5.14. The molecule has 114 valence electrons. The number of amides is 1. The first-order valence-corrected chi connectivity index (χ1v) is 7.21. The zero-order valence-electron chi connectivity index (χ0n) is 12.7. The first kappa shape index (κ1) is 14.7. The lowest BCUT2D eigenvalue weighted by molar-refractivity contribution is -0.111. The molecule has 0 unspecified atom stereocenters. The smallest absolute Gasteiger partial charge is 0.248 e. The van der Waals surface area contributed by atoms with E-state index in [4.69, 9.17) is 0 Å². The Kier molecular flexibility index (Phi) is 4.29. The molecule has 0 aliphatic heterocycles. The van der Waals surface area contributed by atoms with Crippen molar-refractivity contribution in [3.63, 3.8) is 0 Å². The van der Waals surface area contributed by atoms with Gasteiger partial charge in [-0.25, -0.2) is 0 Å². The van der Waals surface area contributed by atoms with Crippen molar-refractivity contribution in [2.75, 3.05) is 5.32 Å². The largest absolute Gasteiger partial charge is 0.323 e. The fraction of sp³-hybridized carbons (Fsp3) is 0.0556. The number of hydrogen-bond donors (Lipinski definition) is 2. The maximum atomic E-state index is 12.0. The average Bonchev–Trinajstić information content (AvgIpc) is 3.10. The molecule has 0 atom stereocenters. The van der Waals surface area contributed by atoms with Gasteiger partial charge < -0.3 is 5.32 Å². The number of benzene rings is 1. The Labute approximate surface area is 134 Å². The highest BCUT2D eigenvalue weighted by atomic mass is 16.1. The molecule has 0 fully saturated rings. The van der Waals surface area contributed by atoms with Crippen LogP contribution in [0.4, 0.5) is 5.69 Å². The van der Waals surface area contributed by atoms with Gasteiger partial charge in [0.25, 0.3) is 0 Å². The number of carbonyl (C=O) groups is 1. The number of anilines is 1. The Hall–Kier alpha value is -3.21. The van der Waals surface area contributed by atoms with Crippen LogP contribution >= 0.6 is 0 Å². The lowest BCUT2D eigenvalue weighted by Gasteiger charge is -2.04. The molecule has 0 saturated heterocycles. The van der Waals surface area contributed by atoms with E-state index in [0.717, 1.165) is 27.9 Å². The van der Waals surface area contributed by atoms with Crippen molar-refractivity contribution in [2.45, 2.75) is 6.92 Å². The Morgan fingerprint density at radius 3 is 2.74 bits per heavy atom. The maximum absolute atomic E-state index is 12.0. The van der Waals surface area contributed by atoms with Crippen molar-refractivity contribution in [1.29, 1.82) is 0 Å². The van der Waals surface area contributed by atoms with E-state index in [2.05, 4.69) is 20.5 Å². The van der Waals surface area contributed by atoms with Crippen LogP contribution in [0, 0.1) is 6.92 Å². The molecule has 0 radical (unpaired) electrons. The fourth-order valence-electron chi connectivity index (χ4n) is 2.19. The molecule has 0 bridgehead atoms. The first-order valence-electron chi connectivity index (χ1n) is 7.21. The van der Waals surface area contributed by atoms with Gasteiger partial charge in [0, 0.05) is 41.5 Å². The summed E-state index contributed by atoms with van der Waals surface area (Å²) in [4.78, 5) is 16.1. The highest BCUT2D eigenvalue weighted by molar-refractivity contribution is 6.02. The predicted molar refractivity (Wildman–Crippen MR) is 90.7 cm³/mol. The molecular formula is C18H16N4O. The molecule has 0 aliphatic carbocycles. The van der Waals surface area contributed by atoms with Crippen LogP contribution in [0.2, 0.25) is 0 Å². The molecule has 2 aromatic heterocycles. The zero-order chi connectivity index (χ0) is 16.1. The summed E-state index contributed by atoms with van der Waals surface area (Å²) in [5.74, 6) is -0.184. The van der Waals surface area contributed by atoms with Crippen molar-refractivity contribution in [3.05, 3.63) is 72.3 Å². The number of nitrogens with one attached hydrogen (secondary N) is 2. The molecule has 1 amide bonds. The van der Waals surface area contributed by atoms with E-state index in [-0.39, 0.29) is 5.91 Å². The van der Waals surface area contributed by atoms with Crippen LogP contribution in [-0.2, 0) is 4.79 Å². The highest BCUT2D eigenvalue weighted by Crippen LogP contribution is 2.22. The lowest BCUT2D eigenvalue weighted by Crippen LogP contribution is -2.07. The number of rotatable bonds is 4. The topological polar surface area (TPSA) is 70.7 Å². The molecule has 3 rings (SSSR count). The van der Waals surface area contributed by atoms with E-state index in [9.17, 15) is 4.79 Å². The van der Waals surface area contributed by atoms with Crippen LogP contribution in [0.1, 0.15) is 11.1 Å². The van der Waals surface area contributed by atoms with Crippen molar-refractivity contribution in [1.82, 2.24) is 15.2 Å². The number of aromatic nitrogens is 3. The molecule has 3 aromatic rings. The van der Waals surface area contributed by atoms with Gasteiger partial charge in [0.15, 0.2) is 0 Å². The van der Waals surface area contributed by atoms with Crippen LogP contribution in [0.5, 0.6) is 0 Å². The summed E-state index contributed by atoms with van der Waals surface area (Å²) < 4.78 is 0. The van der Waals surface area contributed by atoms with Gasteiger partial charge in [-0.15, -0.1) is 0 Å². The minimum Gasteiger partial charge on any atom is -0.323 e. The zero-order valence-corrected chi connectivity index (χ0v) is 12.7.